The molecule has 0 aromatic carbocycles. The molecule has 2 aromatic heterocycles. The van der Waals surface area contributed by atoms with E-state index >= 15 is 0 Å². The average molecular weight is 189 g/mol. The van der Waals surface area contributed by atoms with Gasteiger partial charge < -0.3 is 4.57 Å². The lowest BCUT2D eigenvalue weighted by atomic mass is 9.93. The Bertz CT molecular complexity index is 471. The van der Waals surface area contributed by atoms with Crippen LogP contribution in [0, 0.1) is 12.2 Å². The molecule has 0 aliphatic heterocycles. The summed E-state index contributed by atoms with van der Waals surface area (Å²) in [6.07, 6.45) is 7.72. The molecular weight excluding hydrogens is 179 g/mol. The third kappa shape index (κ3) is 1.05. The smallest absolute Gasteiger partial charge is 0.142 e. The van der Waals surface area contributed by atoms with Gasteiger partial charge in [0.05, 0.1) is 6.20 Å². The number of pyridine rings is 1. The maximum atomic E-state index is 12.9. The Balaban J connectivity index is 2.16. The fraction of sp³-hybridized carbons (Fsp3) is 0.273. The van der Waals surface area contributed by atoms with Gasteiger partial charge in [-0.15, -0.1) is 0 Å². The minimum absolute atomic E-state index is 0.268. The van der Waals surface area contributed by atoms with Crippen LogP contribution in [-0.4, -0.2) is 9.55 Å². The van der Waals surface area contributed by atoms with Crippen LogP contribution in [0.2, 0.25) is 0 Å². The SMILES string of the molecule is Fc1cnc2c(ccn2C2C[CH]C2)c1. The van der Waals surface area contributed by atoms with E-state index < -0.39 is 0 Å². The molecular formula is C11H10FN2. The summed E-state index contributed by atoms with van der Waals surface area (Å²) >= 11 is 0. The highest BCUT2D eigenvalue weighted by molar-refractivity contribution is 5.76. The van der Waals surface area contributed by atoms with Crippen molar-refractivity contribution < 1.29 is 4.39 Å². The quantitative estimate of drug-likeness (QED) is 0.674. The van der Waals surface area contributed by atoms with E-state index in [0.29, 0.717) is 6.04 Å². The van der Waals surface area contributed by atoms with Gasteiger partial charge in [0.15, 0.2) is 0 Å². The van der Waals surface area contributed by atoms with E-state index in [0.717, 1.165) is 23.9 Å². The molecule has 71 valence electrons. The van der Waals surface area contributed by atoms with Gasteiger partial charge in [0, 0.05) is 17.6 Å². The van der Waals surface area contributed by atoms with E-state index in [-0.39, 0.29) is 5.82 Å². The summed E-state index contributed by atoms with van der Waals surface area (Å²) in [7, 11) is 0. The molecule has 3 heteroatoms. The molecule has 0 unspecified atom stereocenters. The summed E-state index contributed by atoms with van der Waals surface area (Å²) in [6, 6.07) is 3.98. The first-order chi connectivity index (χ1) is 6.84. The number of hydrogen-bond donors (Lipinski definition) is 0. The van der Waals surface area contributed by atoms with Crippen LogP contribution in [0.3, 0.4) is 0 Å². The number of aromatic nitrogens is 2. The van der Waals surface area contributed by atoms with Crippen molar-refractivity contribution >= 4 is 11.0 Å². The topological polar surface area (TPSA) is 17.8 Å². The van der Waals surface area contributed by atoms with Crippen LogP contribution in [0.15, 0.2) is 24.5 Å². The van der Waals surface area contributed by atoms with Crippen LogP contribution in [0.25, 0.3) is 11.0 Å². The summed E-state index contributed by atoms with van der Waals surface area (Å²) in [4.78, 5) is 4.12. The predicted octanol–water partition coefficient (Wildman–Crippen LogP) is 2.71. The normalized spacial score (nSPS) is 17.2. The van der Waals surface area contributed by atoms with Crippen molar-refractivity contribution in [1.82, 2.24) is 9.55 Å². The molecule has 1 radical (unpaired) electrons. The monoisotopic (exact) mass is 189 g/mol. The van der Waals surface area contributed by atoms with Crippen LogP contribution >= 0.6 is 0 Å². The zero-order valence-electron chi connectivity index (χ0n) is 7.65. The van der Waals surface area contributed by atoms with Crippen LogP contribution in [0.4, 0.5) is 4.39 Å². The number of nitrogens with zero attached hydrogens (tertiary/aromatic N) is 2. The van der Waals surface area contributed by atoms with Gasteiger partial charge in [0.25, 0.3) is 0 Å². The highest BCUT2D eigenvalue weighted by atomic mass is 19.1. The number of rotatable bonds is 1. The van der Waals surface area contributed by atoms with Crippen molar-refractivity contribution in [2.24, 2.45) is 0 Å². The average Bonchev–Trinajstić information content (AvgIpc) is 2.45. The molecule has 0 amide bonds. The molecule has 2 aromatic rings. The highest BCUT2D eigenvalue weighted by Crippen LogP contribution is 2.33. The van der Waals surface area contributed by atoms with Crippen molar-refractivity contribution in [3.63, 3.8) is 0 Å². The van der Waals surface area contributed by atoms with Gasteiger partial charge >= 0.3 is 0 Å². The van der Waals surface area contributed by atoms with Gasteiger partial charge in [-0.05, 0) is 31.4 Å². The molecule has 14 heavy (non-hydrogen) atoms. The first-order valence-electron chi connectivity index (χ1n) is 4.78. The largest absolute Gasteiger partial charge is 0.329 e. The Morgan fingerprint density at radius 1 is 1.43 bits per heavy atom. The van der Waals surface area contributed by atoms with E-state index in [1.165, 1.54) is 12.3 Å². The standard InChI is InChI=1S/C11H10FN2/c12-9-6-8-4-5-14(10-2-1-3-10)11(8)13-7-9/h1,4-7,10H,2-3H2. The number of halogens is 1. The molecule has 1 saturated carbocycles. The second-order valence-electron chi connectivity index (χ2n) is 3.70. The number of hydrogen-bond acceptors (Lipinski definition) is 1. The van der Waals surface area contributed by atoms with Crippen molar-refractivity contribution in [1.29, 1.82) is 0 Å². The Morgan fingerprint density at radius 3 is 3.00 bits per heavy atom. The first kappa shape index (κ1) is 7.97. The minimum atomic E-state index is -0.268. The van der Waals surface area contributed by atoms with Crippen molar-refractivity contribution in [3.05, 3.63) is 36.8 Å². The van der Waals surface area contributed by atoms with Crippen LogP contribution in [-0.2, 0) is 0 Å². The zero-order valence-corrected chi connectivity index (χ0v) is 7.65. The molecule has 0 bridgehead atoms. The van der Waals surface area contributed by atoms with E-state index in [4.69, 9.17) is 0 Å². The fourth-order valence-electron chi connectivity index (χ4n) is 1.85. The summed E-state index contributed by atoms with van der Waals surface area (Å²) in [5, 5.41) is 0.886. The lowest BCUT2D eigenvalue weighted by molar-refractivity contribution is 0.408. The molecule has 1 aliphatic carbocycles. The predicted molar refractivity (Wildman–Crippen MR) is 52.3 cm³/mol. The van der Waals surface area contributed by atoms with E-state index in [1.807, 2.05) is 12.3 Å². The molecule has 2 nitrogen and oxygen atoms in total. The van der Waals surface area contributed by atoms with Crippen LogP contribution < -0.4 is 0 Å². The molecule has 0 N–H and O–H groups in total. The maximum absolute atomic E-state index is 12.9. The van der Waals surface area contributed by atoms with Gasteiger partial charge in [-0.2, -0.15) is 0 Å². The Labute approximate surface area is 81.4 Å². The molecule has 0 atom stereocenters. The van der Waals surface area contributed by atoms with E-state index in [9.17, 15) is 4.39 Å². The summed E-state index contributed by atoms with van der Waals surface area (Å²) < 4.78 is 15.0. The van der Waals surface area contributed by atoms with Crippen LogP contribution in [0.1, 0.15) is 18.9 Å². The molecule has 3 rings (SSSR count). The number of fused-ring (bicyclic) bond motifs is 1. The molecule has 2 heterocycles. The second-order valence-corrected chi connectivity index (χ2v) is 3.70. The second kappa shape index (κ2) is 2.80. The lowest BCUT2D eigenvalue weighted by Crippen LogP contribution is -2.16. The zero-order chi connectivity index (χ0) is 9.54. The van der Waals surface area contributed by atoms with Gasteiger partial charge in [-0.3, -0.25) is 0 Å². The van der Waals surface area contributed by atoms with Crippen molar-refractivity contribution in [3.8, 4) is 0 Å². The van der Waals surface area contributed by atoms with Crippen molar-refractivity contribution in [2.75, 3.05) is 0 Å². The Kier molecular flexibility index (Phi) is 1.60. The van der Waals surface area contributed by atoms with E-state index in [1.54, 1.807) is 0 Å². The van der Waals surface area contributed by atoms with Gasteiger partial charge in [-0.25, -0.2) is 9.37 Å². The summed E-state index contributed by atoms with van der Waals surface area (Å²) in [6.45, 7) is 0. The molecule has 1 aliphatic rings. The Morgan fingerprint density at radius 2 is 2.29 bits per heavy atom. The van der Waals surface area contributed by atoms with Gasteiger partial charge in [0.1, 0.15) is 11.5 Å². The van der Waals surface area contributed by atoms with E-state index in [2.05, 4.69) is 16.0 Å². The van der Waals surface area contributed by atoms with Gasteiger partial charge in [0.2, 0.25) is 0 Å². The van der Waals surface area contributed by atoms with Crippen LogP contribution in [0.5, 0.6) is 0 Å². The molecule has 0 saturated heterocycles. The maximum Gasteiger partial charge on any atom is 0.142 e. The highest BCUT2D eigenvalue weighted by Gasteiger charge is 2.21. The molecule has 0 spiro atoms. The minimum Gasteiger partial charge on any atom is -0.329 e. The third-order valence-electron chi connectivity index (χ3n) is 2.79. The third-order valence-corrected chi connectivity index (χ3v) is 2.79. The Hall–Kier alpha value is -1.38. The summed E-state index contributed by atoms with van der Waals surface area (Å²) in [5.41, 5.74) is 0.893. The first-order valence-corrected chi connectivity index (χ1v) is 4.78. The fourth-order valence-corrected chi connectivity index (χ4v) is 1.85. The molecule has 1 fully saturated rings. The summed E-state index contributed by atoms with van der Waals surface area (Å²) in [5.74, 6) is -0.268. The van der Waals surface area contributed by atoms with Crippen molar-refractivity contribution in [2.45, 2.75) is 18.9 Å². The van der Waals surface area contributed by atoms with Gasteiger partial charge in [-0.1, -0.05) is 0 Å². The lowest BCUT2D eigenvalue weighted by Gasteiger charge is -2.27.